The van der Waals surface area contributed by atoms with Crippen molar-refractivity contribution in [3.8, 4) is 0 Å². The molecule has 0 spiro atoms. The van der Waals surface area contributed by atoms with Crippen molar-refractivity contribution in [2.75, 3.05) is 5.32 Å². The lowest BCUT2D eigenvalue weighted by Gasteiger charge is -2.08. The van der Waals surface area contributed by atoms with Crippen LogP contribution < -0.4 is 5.32 Å². The summed E-state index contributed by atoms with van der Waals surface area (Å²) in [7, 11) is 0. The molecule has 0 unspecified atom stereocenters. The number of hydrogen-bond donors (Lipinski definition) is 2. The van der Waals surface area contributed by atoms with Crippen LogP contribution in [0, 0.1) is 17.5 Å². The van der Waals surface area contributed by atoms with Gasteiger partial charge in [-0.25, -0.2) is 13.2 Å². The van der Waals surface area contributed by atoms with Gasteiger partial charge in [-0.05, 0) is 17.7 Å². The van der Waals surface area contributed by atoms with E-state index < -0.39 is 28.9 Å². The summed E-state index contributed by atoms with van der Waals surface area (Å²) in [5, 5.41) is 11.2. The standard InChI is InChI=1S/C14H10F3NO2/c15-9-5-11(16)13(12(17)6-9)14(20)18-10-3-1-2-8(4-10)7-19/h1-6,19H,7H2,(H,18,20). The van der Waals surface area contributed by atoms with E-state index in [0.717, 1.165) is 0 Å². The molecule has 0 heterocycles. The molecule has 0 atom stereocenters. The van der Waals surface area contributed by atoms with Gasteiger partial charge in [0.15, 0.2) is 0 Å². The van der Waals surface area contributed by atoms with Crippen LogP contribution in [0.25, 0.3) is 0 Å². The average Bonchev–Trinajstić information content (AvgIpc) is 2.37. The molecule has 6 heteroatoms. The number of amides is 1. The molecule has 0 aliphatic heterocycles. The molecule has 0 aliphatic rings. The molecular weight excluding hydrogens is 271 g/mol. The molecule has 2 aromatic carbocycles. The first-order valence-corrected chi connectivity index (χ1v) is 5.67. The Bertz CT molecular complexity index is 636. The third kappa shape index (κ3) is 2.97. The van der Waals surface area contributed by atoms with E-state index >= 15 is 0 Å². The van der Waals surface area contributed by atoms with Crippen LogP contribution >= 0.6 is 0 Å². The number of nitrogens with one attached hydrogen (secondary N) is 1. The Balaban J connectivity index is 2.28. The number of aliphatic hydroxyl groups excluding tert-OH is 1. The van der Waals surface area contributed by atoms with Crippen molar-refractivity contribution < 1.29 is 23.1 Å². The predicted molar refractivity (Wildman–Crippen MR) is 66.6 cm³/mol. The summed E-state index contributed by atoms with van der Waals surface area (Å²) < 4.78 is 39.6. The van der Waals surface area contributed by atoms with E-state index in [1.165, 1.54) is 12.1 Å². The molecule has 0 saturated heterocycles. The molecule has 0 saturated carbocycles. The Labute approximate surface area is 112 Å². The van der Waals surface area contributed by atoms with Crippen LogP contribution in [-0.2, 0) is 6.61 Å². The van der Waals surface area contributed by atoms with E-state index in [1.807, 2.05) is 0 Å². The Morgan fingerprint density at radius 2 is 1.75 bits per heavy atom. The highest BCUT2D eigenvalue weighted by Gasteiger charge is 2.19. The first kappa shape index (κ1) is 14.1. The molecule has 0 aliphatic carbocycles. The van der Waals surface area contributed by atoms with Gasteiger partial charge in [-0.3, -0.25) is 4.79 Å². The molecule has 1 amide bonds. The molecule has 20 heavy (non-hydrogen) atoms. The summed E-state index contributed by atoms with van der Waals surface area (Å²) in [6.45, 7) is -0.233. The lowest BCUT2D eigenvalue weighted by molar-refractivity contribution is 0.101. The van der Waals surface area contributed by atoms with E-state index in [1.54, 1.807) is 12.1 Å². The van der Waals surface area contributed by atoms with Crippen molar-refractivity contribution in [2.24, 2.45) is 0 Å². The highest BCUT2D eigenvalue weighted by atomic mass is 19.1. The molecule has 0 fully saturated rings. The molecule has 2 N–H and O–H groups in total. The van der Waals surface area contributed by atoms with Crippen molar-refractivity contribution >= 4 is 11.6 Å². The van der Waals surface area contributed by atoms with Gasteiger partial charge in [0.05, 0.1) is 6.61 Å². The van der Waals surface area contributed by atoms with Crippen molar-refractivity contribution in [3.05, 3.63) is 65.0 Å². The summed E-state index contributed by atoms with van der Waals surface area (Å²) in [4.78, 5) is 11.8. The van der Waals surface area contributed by atoms with Gasteiger partial charge in [-0.2, -0.15) is 0 Å². The molecule has 2 aromatic rings. The zero-order valence-electron chi connectivity index (χ0n) is 10.2. The number of halogens is 3. The maximum atomic E-state index is 13.4. The van der Waals surface area contributed by atoms with Gasteiger partial charge in [-0.15, -0.1) is 0 Å². The minimum Gasteiger partial charge on any atom is -0.392 e. The largest absolute Gasteiger partial charge is 0.392 e. The minimum absolute atomic E-state index is 0.233. The third-order valence-electron chi connectivity index (χ3n) is 2.60. The number of anilines is 1. The van der Waals surface area contributed by atoms with Crippen LogP contribution in [0.4, 0.5) is 18.9 Å². The van der Waals surface area contributed by atoms with Gasteiger partial charge in [0.2, 0.25) is 0 Å². The molecule has 3 nitrogen and oxygen atoms in total. The number of rotatable bonds is 3. The van der Waals surface area contributed by atoms with E-state index in [2.05, 4.69) is 5.32 Å². The molecule has 0 bridgehead atoms. The number of hydrogen-bond acceptors (Lipinski definition) is 2. The van der Waals surface area contributed by atoms with Crippen LogP contribution in [0.3, 0.4) is 0 Å². The molecule has 104 valence electrons. The summed E-state index contributed by atoms with van der Waals surface area (Å²) in [5.74, 6) is -4.69. The fraction of sp³-hybridized carbons (Fsp3) is 0.0714. The fourth-order valence-corrected chi connectivity index (χ4v) is 1.70. The maximum absolute atomic E-state index is 13.4. The number of carbonyl (C=O) groups is 1. The number of benzene rings is 2. The van der Waals surface area contributed by atoms with Crippen molar-refractivity contribution in [2.45, 2.75) is 6.61 Å². The topological polar surface area (TPSA) is 49.3 Å². The fourth-order valence-electron chi connectivity index (χ4n) is 1.70. The van der Waals surface area contributed by atoms with E-state index in [0.29, 0.717) is 17.7 Å². The van der Waals surface area contributed by atoms with Gasteiger partial charge in [-0.1, -0.05) is 12.1 Å². The molecular formula is C14H10F3NO2. The smallest absolute Gasteiger partial charge is 0.261 e. The van der Waals surface area contributed by atoms with Crippen molar-refractivity contribution in [1.82, 2.24) is 0 Å². The highest BCUT2D eigenvalue weighted by molar-refractivity contribution is 6.04. The van der Waals surface area contributed by atoms with Crippen LogP contribution in [0.1, 0.15) is 15.9 Å². The summed E-state index contributed by atoms with van der Waals surface area (Å²) >= 11 is 0. The second-order valence-corrected chi connectivity index (χ2v) is 4.06. The van der Waals surface area contributed by atoms with E-state index in [9.17, 15) is 18.0 Å². The molecule has 0 radical (unpaired) electrons. The SMILES string of the molecule is O=C(Nc1cccc(CO)c1)c1c(F)cc(F)cc1F. The second kappa shape index (κ2) is 5.75. The van der Waals surface area contributed by atoms with E-state index in [4.69, 9.17) is 5.11 Å². The zero-order valence-corrected chi connectivity index (χ0v) is 10.2. The monoisotopic (exact) mass is 281 g/mol. The van der Waals surface area contributed by atoms with E-state index in [-0.39, 0.29) is 12.3 Å². The zero-order chi connectivity index (χ0) is 14.7. The maximum Gasteiger partial charge on any atom is 0.261 e. The Morgan fingerprint density at radius 3 is 2.35 bits per heavy atom. The minimum atomic E-state index is -1.28. The van der Waals surface area contributed by atoms with Crippen LogP contribution in [0.15, 0.2) is 36.4 Å². The lowest BCUT2D eigenvalue weighted by atomic mass is 10.1. The summed E-state index contributed by atoms with van der Waals surface area (Å²) in [6.07, 6.45) is 0. The first-order valence-electron chi connectivity index (χ1n) is 5.67. The van der Waals surface area contributed by atoms with Gasteiger partial charge in [0.1, 0.15) is 23.0 Å². The van der Waals surface area contributed by atoms with Gasteiger partial charge >= 0.3 is 0 Å². The lowest BCUT2D eigenvalue weighted by Crippen LogP contribution is -2.16. The van der Waals surface area contributed by atoms with Crippen LogP contribution in [0.2, 0.25) is 0 Å². The quantitative estimate of drug-likeness (QED) is 0.909. The summed E-state index contributed by atoms with van der Waals surface area (Å²) in [5.41, 5.74) is -0.0617. The molecule has 0 aromatic heterocycles. The average molecular weight is 281 g/mol. The van der Waals surface area contributed by atoms with Crippen LogP contribution in [-0.4, -0.2) is 11.0 Å². The Morgan fingerprint density at radius 1 is 1.10 bits per heavy atom. The van der Waals surface area contributed by atoms with Gasteiger partial charge < -0.3 is 10.4 Å². The highest BCUT2D eigenvalue weighted by Crippen LogP contribution is 2.17. The predicted octanol–water partition coefficient (Wildman–Crippen LogP) is 2.85. The Kier molecular flexibility index (Phi) is 4.05. The number of aliphatic hydroxyl groups is 1. The normalized spacial score (nSPS) is 10.4. The third-order valence-corrected chi connectivity index (χ3v) is 2.60. The summed E-state index contributed by atoms with van der Waals surface area (Å²) in [6, 6.07) is 7.01. The Hall–Kier alpha value is -2.34. The second-order valence-electron chi connectivity index (χ2n) is 4.06. The number of carbonyl (C=O) groups excluding carboxylic acids is 1. The van der Waals surface area contributed by atoms with Crippen LogP contribution in [0.5, 0.6) is 0 Å². The van der Waals surface area contributed by atoms with Crippen molar-refractivity contribution in [1.29, 1.82) is 0 Å². The molecule has 2 rings (SSSR count). The van der Waals surface area contributed by atoms with Crippen molar-refractivity contribution in [3.63, 3.8) is 0 Å². The van der Waals surface area contributed by atoms with Gasteiger partial charge in [0.25, 0.3) is 5.91 Å². The first-order chi connectivity index (χ1) is 9.51. The van der Waals surface area contributed by atoms with Gasteiger partial charge in [0, 0.05) is 17.8 Å².